The maximum atomic E-state index is 12.3. The molecule has 4 rings (SSSR count). The summed E-state index contributed by atoms with van der Waals surface area (Å²) in [6, 6.07) is 0. The van der Waals surface area contributed by atoms with Crippen molar-refractivity contribution >= 4 is 6.16 Å². The molecular formula is C33H56O3. The number of fused-ring (bicyclic) bond motifs is 5. The van der Waals surface area contributed by atoms with E-state index in [2.05, 4.69) is 54.5 Å². The predicted octanol–water partition coefficient (Wildman–Crippen LogP) is 9.60. The van der Waals surface area contributed by atoms with Gasteiger partial charge in [0.1, 0.15) is 6.10 Å². The summed E-state index contributed by atoms with van der Waals surface area (Å²) in [6.45, 7) is 17.2. The molecule has 3 fully saturated rings. The third-order valence-electron chi connectivity index (χ3n) is 11.7. The zero-order valence-corrected chi connectivity index (χ0v) is 24.6. The van der Waals surface area contributed by atoms with Crippen LogP contribution in [0.2, 0.25) is 0 Å². The zero-order valence-electron chi connectivity index (χ0n) is 24.6. The largest absolute Gasteiger partial charge is 0.508 e. The molecule has 3 nitrogen and oxygen atoms in total. The number of ether oxygens (including phenoxy) is 2. The summed E-state index contributed by atoms with van der Waals surface area (Å²) >= 11 is 0. The fraction of sp³-hybridized carbons (Fsp3) is 0.909. The lowest BCUT2D eigenvalue weighted by Gasteiger charge is -2.58. The highest BCUT2D eigenvalue weighted by Gasteiger charge is 2.59. The van der Waals surface area contributed by atoms with Crippen molar-refractivity contribution in [2.75, 3.05) is 6.61 Å². The highest BCUT2D eigenvalue weighted by atomic mass is 16.7. The smallest absolute Gasteiger partial charge is 0.434 e. The van der Waals surface area contributed by atoms with Crippen LogP contribution in [0.3, 0.4) is 0 Å². The molecule has 4 aliphatic carbocycles. The van der Waals surface area contributed by atoms with Crippen molar-refractivity contribution in [3.63, 3.8) is 0 Å². The third-order valence-corrected chi connectivity index (χ3v) is 11.7. The molecule has 0 unspecified atom stereocenters. The van der Waals surface area contributed by atoms with Gasteiger partial charge in [0.05, 0.1) is 6.61 Å². The first-order valence-corrected chi connectivity index (χ1v) is 15.6. The number of hydrogen-bond donors (Lipinski definition) is 0. The van der Waals surface area contributed by atoms with Crippen LogP contribution in [-0.2, 0) is 9.47 Å². The first-order valence-electron chi connectivity index (χ1n) is 15.6. The number of carbonyl (C=O) groups is 1. The third kappa shape index (κ3) is 5.56. The molecule has 0 amide bonds. The Kier molecular flexibility index (Phi) is 8.88. The van der Waals surface area contributed by atoms with Crippen molar-refractivity contribution in [2.24, 2.45) is 52.3 Å². The van der Waals surface area contributed by atoms with Crippen molar-refractivity contribution in [3.05, 3.63) is 11.6 Å². The van der Waals surface area contributed by atoms with Gasteiger partial charge in [-0.1, -0.05) is 85.8 Å². The van der Waals surface area contributed by atoms with Crippen LogP contribution in [0, 0.1) is 52.3 Å². The molecule has 0 aromatic carbocycles. The van der Waals surface area contributed by atoms with E-state index in [-0.39, 0.29) is 6.10 Å². The molecule has 0 aliphatic heterocycles. The molecule has 206 valence electrons. The normalized spacial score (nSPS) is 39.4. The fourth-order valence-electron chi connectivity index (χ4n) is 9.25. The summed E-state index contributed by atoms with van der Waals surface area (Å²) in [5.41, 5.74) is 2.42. The zero-order chi connectivity index (χ0) is 26.1. The Hall–Kier alpha value is -0.990. The lowest BCUT2D eigenvalue weighted by atomic mass is 9.47. The molecule has 0 aromatic rings. The Bertz CT molecular complexity index is 786. The van der Waals surface area contributed by atoms with E-state index in [0.29, 0.717) is 23.4 Å². The molecule has 0 heterocycles. The van der Waals surface area contributed by atoms with E-state index >= 15 is 0 Å². The van der Waals surface area contributed by atoms with Crippen LogP contribution in [-0.4, -0.2) is 18.9 Å². The van der Waals surface area contributed by atoms with Crippen LogP contribution in [0.25, 0.3) is 0 Å². The second kappa shape index (κ2) is 11.4. The van der Waals surface area contributed by atoms with Gasteiger partial charge in [-0.3, -0.25) is 0 Å². The molecule has 0 bridgehead atoms. The van der Waals surface area contributed by atoms with Gasteiger partial charge >= 0.3 is 6.16 Å². The van der Waals surface area contributed by atoms with Gasteiger partial charge in [-0.15, -0.1) is 0 Å². The lowest BCUT2D eigenvalue weighted by molar-refractivity contribution is -0.0621. The lowest BCUT2D eigenvalue weighted by Crippen LogP contribution is -2.51. The average Bonchev–Trinajstić information content (AvgIpc) is 3.19. The van der Waals surface area contributed by atoms with Crippen molar-refractivity contribution < 1.29 is 14.3 Å². The van der Waals surface area contributed by atoms with E-state index in [1.165, 1.54) is 51.4 Å². The highest BCUT2D eigenvalue weighted by Crippen LogP contribution is 2.67. The Morgan fingerprint density at radius 1 is 1.03 bits per heavy atom. The van der Waals surface area contributed by atoms with Crippen LogP contribution in [0.15, 0.2) is 11.6 Å². The van der Waals surface area contributed by atoms with E-state index in [4.69, 9.17) is 9.47 Å². The van der Waals surface area contributed by atoms with Crippen molar-refractivity contribution in [3.8, 4) is 0 Å². The molecule has 0 saturated heterocycles. The summed E-state index contributed by atoms with van der Waals surface area (Å²) in [4.78, 5) is 12.3. The highest BCUT2D eigenvalue weighted by molar-refractivity contribution is 5.60. The molecule has 3 heteroatoms. The summed E-state index contributed by atoms with van der Waals surface area (Å²) in [6.07, 6.45) is 17.3. The molecule has 4 aliphatic rings. The monoisotopic (exact) mass is 500 g/mol. The van der Waals surface area contributed by atoms with Crippen LogP contribution < -0.4 is 0 Å². The van der Waals surface area contributed by atoms with Gasteiger partial charge in [-0.2, -0.15) is 0 Å². The van der Waals surface area contributed by atoms with Gasteiger partial charge in [0, 0.05) is 6.42 Å². The summed E-state index contributed by atoms with van der Waals surface area (Å²) in [5.74, 6) is 5.56. The number of carbonyl (C=O) groups excluding carboxylic acids is 1. The Labute approximate surface area is 222 Å². The fourth-order valence-corrected chi connectivity index (χ4v) is 9.25. The maximum absolute atomic E-state index is 12.3. The topological polar surface area (TPSA) is 35.5 Å². The average molecular weight is 501 g/mol. The second-order valence-electron chi connectivity index (χ2n) is 14.3. The number of rotatable bonds is 9. The Morgan fingerprint density at radius 2 is 1.81 bits per heavy atom. The molecule has 3 saturated carbocycles. The van der Waals surface area contributed by atoms with Crippen molar-refractivity contribution in [2.45, 2.75) is 132 Å². The summed E-state index contributed by atoms with van der Waals surface area (Å²) in [7, 11) is 0. The maximum Gasteiger partial charge on any atom is 0.508 e. The van der Waals surface area contributed by atoms with E-state index in [0.717, 1.165) is 61.2 Å². The molecule has 9 atom stereocenters. The van der Waals surface area contributed by atoms with Crippen molar-refractivity contribution in [1.82, 2.24) is 0 Å². The van der Waals surface area contributed by atoms with Crippen molar-refractivity contribution in [1.29, 1.82) is 0 Å². The van der Waals surface area contributed by atoms with Crippen LogP contribution >= 0.6 is 0 Å². The van der Waals surface area contributed by atoms with Gasteiger partial charge in [0.25, 0.3) is 0 Å². The van der Waals surface area contributed by atoms with Crippen LogP contribution in [0.4, 0.5) is 4.79 Å². The molecule has 36 heavy (non-hydrogen) atoms. The van der Waals surface area contributed by atoms with E-state index in [1.54, 1.807) is 5.57 Å². The van der Waals surface area contributed by atoms with E-state index < -0.39 is 6.16 Å². The number of hydrogen-bond acceptors (Lipinski definition) is 3. The minimum atomic E-state index is -0.467. The standard InChI is InChI=1S/C33H56O3/c1-8-23(4)21-35-31(34)36-26-16-18-32(6)25(20-26)12-13-27-29-15-14-28(24(5)11-9-10-22(2)3)33(29,7)19-17-30(27)32/h12,22-24,26-30H,8-11,13-21H2,1-7H3/t23-,24-,26-,27+,28-,29+,30+,32-,33+/m0/s1. The Morgan fingerprint density at radius 3 is 2.53 bits per heavy atom. The van der Waals surface area contributed by atoms with Gasteiger partial charge in [-0.05, 0) is 97.2 Å². The van der Waals surface area contributed by atoms with Crippen LogP contribution in [0.1, 0.15) is 126 Å². The predicted molar refractivity (Wildman–Crippen MR) is 149 cm³/mol. The Balaban J connectivity index is 1.38. The van der Waals surface area contributed by atoms with Gasteiger partial charge < -0.3 is 9.47 Å². The molecular weight excluding hydrogens is 444 g/mol. The molecule has 0 N–H and O–H groups in total. The summed E-state index contributed by atoms with van der Waals surface area (Å²) < 4.78 is 11.2. The first-order chi connectivity index (χ1) is 17.1. The summed E-state index contributed by atoms with van der Waals surface area (Å²) in [5, 5.41) is 0. The minimum Gasteiger partial charge on any atom is -0.434 e. The second-order valence-corrected chi connectivity index (χ2v) is 14.3. The molecule has 0 aromatic heterocycles. The molecule has 0 spiro atoms. The minimum absolute atomic E-state index is 0.0123. The van der Waals surface area contributed by atoms with Gasteiger partial charge in [-0.25, -0.2) is 4.79 Å². The van der Waals surface area contributed by atoms with Gasteiger partial charge in [0.2, 0.25) is 0 Å². The quantitative estimate of drug-likeness (QED) is 0.233. The number of allylic oxidation sites excluding steroid dienone is 1. The SMILES string of the molecule is CC[C@H](C)COC(=O)O[C@H]1CC[C@@]2(C)C(=CC[C@@H]3[C@H]4CC[C@@H]([C@@H](C)CCCC(C)C)[C@@]4(C)CC[C@H]32)C1. The van der Waals surface area contributed by atoms with E-state index in [1.807, 2.05) is 0 Å². The first kappa shape index (κ1) is 28.0. The van der Waals surface area contributed by atoms with Gasteiger partial charge in [0.15, 0.2) is 0 Å². The van der Waals surface area contributed by atoms with Crippen LogP contribution in [0.5, 0.6) is 0 Å². The van der Waals surface area contributed by atoms with E-state index in [9.17, 15) is 4.79 Å². The molecule has 0 radical (unpaired) electrons.